The van der Waals surface area contributed by atoms with Crippen molar-refractivity contribution in [3.05, 3.63) is 98.4 Å². The van der Waals surface area contributed by atoms with Crippen LogP contribution in [0.1, 0.15) is 27.7 Å². The molecule has 2 aromatic heterocycles. The van der Waals surface area contributed by atoms with Crippen molar-refractivity contribution < 1.29 is 18.6 Å². The number of hydrogen-bond acceptors (Lipinski definition) is 5. The summed E-state index contributed by atoms with van der Waals surface area (Å²) in [6, 6.07) is 11.6. The maximum Gasteiger partial charge on any atom is 0.262 e. The molecular formula is C24H22F2N2O3S. The average molecular weight is 457 g/mol. The largest absolute Gasteiger partial charge is 0.389 e. The second-order valence-corrected chi connectivity index (χ2v) is 8.84. The van der Waals surface area contributed by atoms with Crippen molar-refractivity contribution in [1.29, 1.82) is 0 Å². The van der Waals surface area contributed by atoms with E-state index in [0.29, 0.717) is 21.3 Å². The first-order chi connectivity index (χ1) is 15.3. The Bertz CT molecular complexity index is 1240. The predicted molar refractivity (Wildman–Crippen MR) is 120 cm³/mol. The fourth-order valence-corrected chi connectivity index (χ4v) is 4.53. The average Bonchev–Trinajstić information content (AvgIpc) is 3.07. The van der Waals surface area contributed by atoms with E-state index in [1.54, 1.807) is 24.3 Å². The fraction of sp³-hybridized carbons (Fsp3) is 0.250. The van der Waals surface area contributed by atoms with E-state index in [1.165, 1.54) is 46.5 Å². The molecule has 0 saturated heterocycles. The predicted octanol–water partition coefficient (Wildman–Crippen LogP) is 4.52. The number of ether oxygens (including phenoxy) is 1. The normalized spacial score (nSPS) is 12.6. The third kappa shape index (κ3) is 4.62. The van der Waals surface area contributed by atoms with Gasteiger partial charge in [0.1, 0.15) is 22.6 Å². The molecule has 0 amide bonds. The van der Waals surface area contributed by atoms with E-state index in [2.05, 4.69) is 4.98 Å². The lowest BCUT2D eigenvalue weighted by Crippen LogP contribution is -2.30. The Morgan fingerprint density at radius 3 is 2.16 bits per heavy atom. The summed E-state index contributed by atoms with van der Waals surface area (Å²) < 4.78 is 34.1. The monoisotopic (exact) mass is 456 g/mol. The summed E-state index contributed by atoms with van der Waals surface area (Å²) in [5.74, 6) is -0.763. The molecule has 0 bridgehead atoms. The second kappa shape index (κ2) is 9.28. The number of aromatic nitrogens is 2. The van der Waals surface area contributed by atoms with Crippen molar-refractivity contribution in [2.75, 3.05) is 6.61 Å². The summed E-state index contributed by atoms with van der Waals surface area (Å²) in [5, 5.41) is 11.1. The summed E-state index contributed by atoms with van der Waals surface area (Å²) in [5.41, 5.74) is 2.02. The van der Waals surface area contributed by atoms with Gasteiger partial charge in [0, 0.05) is 4.88 Å². The lowest BCUT2D eigenvalue weighted by molar-refractivity contribution is -0.00103. The van der Waals surface area contributed by atoms with Crippen LogP contribution in [0.5, 0.6) is 0 Å². The summed E-state index contributed by atoms with van der Waals surface area (Å²) in [7, 11) is 0. The van der Waals surface area contributed by atoms with Crippen LogP contribution >= 0.6 is 11.3 Å². The molecule has 0 spiro atoms. The Morgan fingerprint density at radius 2 is 1.59 bits per heavy atom. The number of rotatable bonds is 7. The van der Waals surface area contributed by atoms with Crippen LogP contribution in [0.2, 0.25) is 0 Å². The van der Waals surface area contributed by atoms with Crippen molar-refractivity contribution in [2.24, 2.45) is 0 Å². The third-order valence-corrected chi connectivity index (χ3v) is 6.48. The van der Waals surface area contributed by atoms with Crippen LogP contribution in [-0.4, -0.2) is 27.4 Å². The Morgan fingerprint density at radius 1 is 1.03 bits per heavy atom. The summed E-state index contributed by atoms with van der Waals surface area (Å²) >= 11 is 1.47. The molecule has 32 heavy (non-hydrogen) atoms. The van der Waals surface area contributed by atoms with Crippen LogP contribution < -0.4 is 5.56 Å². The third-order valence-electron chi connectivity index (χ3n) is 5.36. The quantitative estimate of drug-likeness (QED) is 0.444. The number of halogens is 2. The molecule has 5 nitrogen and oxygen atoms in total. The van der Waals surface area contributed by atoms with Crippen LogP contribution in [-0.2, 0) is 11.3 Å². The molecule has 8 heteroatoms. The van der Waals surface area contributed by atoms with Gasteiger partial charge >= 0.3 is 0 Å². The number of hydrogen-bond donors (Lipinski definition) is 1. The van der Waals surface area contributed by atoms with Crippen LogP contribution in [0.15, 0.2) is 59.7 Å². The highest BCUT2D eigenvalue weighted by atomic mass is 32.1. The van der Waals surface area contributed by atoms with Gasteiger partial charge in [0.15, 0.2) is 0 Å². The van der Waals surface area contributed by atoms with E-state index in [-0.39, 0.29) is 30.3 Å². The Labute approximate surface area is 187 Å². The topological polar surface area (TPSA) is 64.3 Å². The molecule has 0 fully saturated rings. The minimum absolute atomic E-state index is 0.00959. The number of fused-ring (bicyclic) bond motifs is 1. The smallest absolute Gasteiger partial charge is 0.262 e. The minimum atomic E-state index is -0.990. The first-order valence-electron chi connectivity index (χ1n) is 10.1. The Hall–Kier alpha value is -2.94. The molecule has 4 rings (SSSR count). The molecule has 0 aliphatic heterocycles. The van der Waals surface area contributed by atoms with Gasteiger partial charge in [0.05, 0.1) is 31.0 Å². The molecule has 0 saturated carbocycles. The Kier molecular flexibility index (Phi) is 6.45. The van der Waals surface area contributed by atoms with Crippen molar-refractivity contribution >= 4 is 21.6 Å². The van der Waals surface area contributed by atoms with Crippen LogP contribution in [0, 0.1) is 25.5 Å². The molecule has 4 aromatic rings. The maximum absolute atomic E-state index is 13.4. The van der Waals surface area contributed by atoms with Gasteiger partial charge in [0.25, 0.3) is 5.56 Å². The zero-order chi connectivity index (χ0) is 22.8. The van der Waals surface area contributed by atoms with Gasteiger partial charge in [-0.1, -0.05) is 24.3 Å². The minimum Gasteiger partial charge on any atom is -0.389 e. The first kappa shape index (κ1) is 22.3. The van der Waals surface area contributed by atoms with Gasteiger partial charge in [0.2, 0.25) is 0 Å². The summed E-state index contributed by atoms with van der Waals surface area (Å²) in [6.45, 7) is 3.75. The first-order valence-corrected chi connectivity index (χ1v) is 10.9. The highest BCUT2D eigenvalue weighted by Crippen LogP contribution is 2.27. The number of thiophene rings is 1. The zero-order valence-corrected chi connectivity index (χ0v) is 18.4. The van der Waals surface area contributed by atoms with E-state index in [1.807, 2.05) is 13.8 Å². The SMILES string of the molecule is Cc1sc2ncn(CC(O)COC(c3ccc(F)cc3)c3ccc(F)cc3)c(=O)c2c1C. The highest BCUT2D eigenvalue weighted by Gasteiger charge is 2.19. The van der Waals surface area contributed by atoms with Gasteiger partial charge < -0.3 is 9.84 Å². The van der Waals surface area contributed by atoms with Gasteiger partial charge in [-0.25, -0.2) is 13.8 Å². The molecule has 0 aliphatic carbocycles. The molecule has 1 atom stereocenters. The van der Waals surface area contributed by atoms with Crippen molar-refractivity contribution in [3.63, 3.8) is 0 Å². The van der Waals surface area contributed by atoms with E-state index < -0.39 is 12.2 Å². The lowest BCUT2D eigenvalue weighted by atomic mass is 10.0. The number of nitrogens with zero attached hydrogens (tertiary/aromatic N) is 2. The zero-order valence-electron chi connectivity index (χ0n) is 17.6. The van der Waals surface area contributed by atoms with Crippen LogP contribution in [0.4, 0.5) is 8.78 Å². The summed E-state index contributed by atoms with van der Waals surface area (Å²) in [4.78, 5) is 18.9. The Balaban J connectivity index is 1.53. The molecule has 2 aromatic carbocycles. The summed E-state index contributed by atoms with van der Waals surface area (Å²) in [6.07, 6.45) is -0.193. The van der Waals surface area contributed by atoms with Crippen molar-refractivity contribution in [1.82, 2.24) is 9.55 Å². The highest BCUT2D eigenvalue weighted by molar-refractivity contribution is 7.18. The number of aryl methyl sites for hydroxylation is 2. The van der Waals surface area contributed by atoms with Gasteiger partial charge in [-0.3, -0.25) is 9.36 Å². The molecule has 0 aliphatic rings. The lowest BCUT2D eigenvalue weighted by Gasteiger charge is -2.21. The van der Waals surface area contributed by atoms with E-state index in [0.717, 1.165) is 10.4 Å². The number of aliphatic hydroxyl groups excluding tert-OH is 1. The molecule has 0 radical (unpaired) electrons. The van der Waals surface area contributed by atoms with Crippen LogP contribution in [0.25, 0.3) is 10.2 Å². The van der Waals surface area contributed by atoms with E-state index in [9.17, 15) is 18.7 Å². The molecular weight excluding hydrogens is 434 g/mol. The molecule has 166 valence electrons. The van der Waals surface area contributed by atoms with Gasteiger partial charge in [-0.05, 0) is 54.8 Å². The standard InChI is InChI=1S/C24H22F2N2O3S/c1-14-15(2)32-23-21(14)24(30)28(13-27-23)11-20(29)12-31-22(16-3-7-18(25)8-4-16)17-5-9-19(26)10-6-17/h3-10,13,20,22,29H,11-12H2,1-2H3. The van der Waals surface area contributed by atoms with Crippen molar-refractivity contribution in [3.8, 4) is 0 Å². The number of benzene rings is 2. The number of aliphatic hydroxyl groups is 1. The second-order valence-electron chi connectivity index (χ2n) is 7.64. The van der Waals surface area contributed by atoms with Crippen molar-refractivity contribution in [2.45, 2.75) is 32.6 Å². The molecule has 1 N–H and O–H groups in total. The molecule has 2 heterocycles. The van der Waals surface area contributed by atoms with E-state index >= 15 is 0 Å². The molecule has 1 unspecified atom stereocenters. The van der Waals surface area contributed by atoms with Crippen LogP contribution in [0.3, 0.4) is 0 Å². The van der Waals surface area contributed by atoms with Gasteiger partial charge in [-0.2, -0.15) is 0 Å². The van der Waals surface area contributed by atoms with E-state index in [4.69, 9.17) is 4.74 Å². The van der Waals surface area contributed by atoms with Gasteiger partial charge in [-0.15, -0.1) is 11.3 Å². The maximum atomic E-state index is 13.4. The fourth-order valence-electron chi connectivity index (χ4n) is 3.55.